The van der Waals surface area contributed by atoms with Crippen LogP contribution in [0.1, 0.15) is 41.8 Å². The molecule has 0 heterocycles. The van der Waals surface area contributed by atoms with Crippen molar-refractivity contribution in [3.8, 4) is 5.75 Å². The highest BCUT2D eigenvalue weighted by Gasteiger charge is 2.20. The molecule has 0 aliphatic rings. The first-order chi connectivity index (χ1) is 12.4. The molecule has 0 radical (unpaired) electrons. The van der Waals surface area contributed by atoms with Gasteiger partial charge in [0.2, 0.25) is 0 Å². The van der Waals surface area contributed by atoms with Crippen molar-refractivity contribution in [1.82, 2.24) is 5.32 Å². The molecule has 140 valence electrons. The zero-order valence-electron chi connectivity index (χ0n) is 15.4. The van der Waals surface area contributed by atoms with E-state index in [0.717, 1.165) is 23.3 Å². The molecule has 0 aliphatic carbocycles. The van der Waals surface area contributed by atoms with Crippen LogP contribution in [0.5, 0.6) is 5.75 Å². The van der Waals surface area contributed by atoms with E-state index in [0.29, 0.717) is 13.2 Å². The summed E-state index contributed by atoms with van der Waals surface area (Å²) in [4.78, 5) is 12.6. The Bertz CT molecular complexity index is 875. The number of nitrogens with one attached hydrogen (secondary N) is 1. The van der Waals surface area contributed by atoms with Gasteiger partial charge in [-0.3, -0.25) is 4.79 Å². The van der Waals surface area contributed by atoms with Gasteiger partial charge in [0.1, 0.15) is 5.75 Å². The van der Waals surface area contributed by atoms with Crippen LogP contribution in [0.2, 0.25) is 0 Å². The summed E-state index contributed by atoms with van der Waals surface area (Å²) in [7, 11) is -3.46. The Balaban J connectivity index is 2.13. The average molecular weight is 375 g/mol. The lowest BCUT2D eigenvalue weighted by molar-refractivity contribution is 0.0947. The smallest absolute Gasteiger partial charge is 0.252 e. The number of amides is 1. The summed E-state index contributed by atoms with van der Waals surface area (Å²) < 4.78 is 30.0. The number of aryl methyl sites for hydroxylation is 1. The number of hydrogen-bond donors (Lipinski definition) is 1. The van der Waals surface area contributed by atoms with Crippen LogP contribution in [0.4, 0.5) is 0 Å². The fourth-order valence-electron chi connectivity index (χ4n) is 2.53. The maximum absolute atomic E-state index is 12.5. The minimum Gasteiger partial charge on any atom is -0.494 e. The molecule has 0 unspecified atom stereocenters. The normalized spacial score (nSPS) is 11.2. The highest BCUT2D eigenvalue weighted by molar-refractivity contribution is 7.91. The van der Waals surface area contributed by atoms with Crippen LogP contribution < -0.4 is 10.1 Å². The van der Waals surface area contributed by atoms with Crippen LogP contribution in [-0.2, 0) is 16.4 Å². The molecular formula is C20H25NO4S. The molecule has 0 saturated carbocycles. The van der Waals surface area contributed by atoms with Crippen LogP contribution in [0.15, 0.2) is 47.4 Å². The molecule has 2 aromatic rings. The third-order valence-corrected chi connectivity index (χ3v) is 5.86. The molecule has 5 nitrogen and oxygen atoms in total. The Morgan fingerprint density at radius 3 is 2.50 bits per heavy atom. The summed E-state index contributed by atoms with van der Waals surface area (Å²) in [6.45, 7) is 6.55. The summed E-state index contributed by atoms with van der Waals surface area (Å²) in [5.41, 5.74) is 2.14. The Morgan fingerprint density at radius 2 is 1.85 bits per heavy atom. The van der Waals surface area contributed by atoms with Gasteiger partial charge in [0, 0.05) is 6.54 Å². The second kappa shape index (κ2) is 8.85. The van der Waals surface area contributed by atoms with Crippen LogP contribution in [0.25, 0.3) is 0 Å². The maximum Gasteiger partial charge on any atom is 0.252 e. The van der Waals surface area contributed by atoms with Crippen molar-refractivity contribution in [3.05, 3.63) is 59.2 Å². The molecule has 0 fully saturated rings. The summed E-state index contributed by atoms with van der Waals surface area (Å²) in [5.74, 6) is 0.359. The van der Waals surface area contributed by atoms with E-state index in [2.05, 4.69) is 5.32 Å². The zero-order valence-corrected chi connectivity index (χ0v) is 16.2. The summed E-state index contributed by atoms with van der Waals surface area (Å²) >= 11 is 0. The van der Waals surface area contributed by atoms with Gasteiger partial charge in [-0.2, -0.15) is 0 Å². The molecule has 2 rings (SSSR count). The van der Waals surface area contributed by atoms with Crippen LogP contribution in [0, 0.1) is 6.92 Å². The molecule has 0 spiro atoms. The van der Waals surface area contributed by atoms with Crippen molar-refractivity contribution in [2.24, 2.45) is 0 Å². The van der Waals surface area contributed by atoms with E-state index in [9.17, 15) is 13.2 Å². The lowest BCUT2D eigenvalue weighted by Crippen LogP contribution is -2.25. The van der Waals surface area contributed by atoms with E-state index in [1.165, 1.54) is 12.1 Å². The predicted molar refractivity (Wildman–Crippen MR) is 102 cm³/mol. The number of sulfone groups is 1. The third-order valence-electron chi connectivity index (χ3n) is 4.07. The van der Waals surface area contributed by atoms with Crippen molar-refractivity contribution in [1.29, 1.82) is 0 Å². The van der Waals surface area contributed by atoms with E-state index in [-0.39, 0.29) is 16.2 Å². The first-order valence-corrected chi connectivity index (χ1v) is 10.4. The Labute approximate surface area is 155 Å². The number of ether oxygens (including phenoxy) is 1. The van der Waals surface area contributed by atoms with E-state index in [4.69, 9.17) is 4.74 Å². The maximum atomic E-state index is 12.5. The van der Waals surface area contributed by atoms with Crippen molar-refractivity contribution >= 4 is 15.7 Å². The monoisotopic (exact) mass is 375 g/mol. The molecule has 0 aliphatic heterocycles. The van der Waals surface area contributed by atoms with Gasteiger partial charge >= 0.3 is 0 Å². The number of benzene rings is 2. The number of carbonyl (C=O) groups excluding carboxylic acids is 1. The number of carbonyl (C=O) groups is 1. The van der Waals surface area contributed by atoms with Gasteiger partial charge in [-0.05, 0) is 48.7 Å². The molecule has 6 heteroatoms. The van der Waals surface area contributed by atoms with Crippen LogP contribution in [0.3, 0.4) is 0 Å². The van der Waals surface area contributed by atoms with Gasteiger partial charge in [0.25, 0.3) is 5.91 Å². The van der Waals surface area contributed by atoms with Gasteiger partial charge in [-0.25, -0.2) is 8.42 Å². The second-order valence-corrected chi connectivity index (χ2v) is 8.27. The van der Waals surface area contributed by atoms with Crippen LogP contribution >= 0.6 is 0 Å². The molecule has 0 aromatic heterocycles. The van der Waals surface area contributed by atoms with Gasteiger partial charge < -0.3 is 10.1 Å². The molecule has 0 bridgehead atoms. The SMILES string of the molecule is CCCOc1ccc(CNC(=O)c2ccccc2S(=O)(=O)CC)c(C)c1. The van der Waals surface area contributed by atoms with E-state index in [1.807, 2.05) is 32.0 Å². The Hall–Kier alpha value is -2.34. The van der Waals surface area contributed by atoms with E-state index in [1.54, 1.807) is 19.1 Å². The first-order valence-electron chi connectivity index (χ1n) is 8.71. The molecule has 2 aromatic carbocycles. The van der Waals surface area contributed by atoms with E-state index < -0.39 is 15.7 Å². The molecular weight excluding hydrogens is 350 g/mol. The van der Waals surface area contributed by atoms with Crippen LogP contribution in [-0.4, -0.2) is 26.7 Å². The van der Waals surface area contributed by atoms with Gasteiger partial charge in [0.15, 0.2) is 9.84 Å². The van der Waals surface area contributed by atoms with Gasteiger partial charge in [0.05, 0.1) is 22.8 Å². The quantitative estimate of drug-likeness (QED) is 0.766. The average Bonchev–Trinajstić information content (AvgIpc) is 2.65. The molecule has 0 atom stereocenters. The highest BCUT2D eigenvalue weighted by Crippen LogP contribution is 2.19. The standard InChI is InChI=1S/C20H25NO4S/c1-4-12-25-17-11-10-16(15(3)13-17)14-21-20(22)18-8-6-7-9-19(18)26(23,24)5-2/h6-11,13H,4-5,12,14H2,1-3H3,(H,21,22). The Kier molecular flexibility index (Phi) is 6.80. The van der Waals surface area contributed by atoms with Crippen molar-refractivity contribution in [3.63, 3.8) is 0 Å². The fourth-order valence-corrected chi connectivity index (χ4v) is 3.62. The lowest BCUT2D eigenvalue weighted by Gasteiger charge is -2.12. The molecule has 1 N–H and O–H groups in total. The van der Waals surface area contributed by atoms with E-state index >= 15 is 0 Å². The lowest BCUT2D eigenvalue weighted by atomic mass is 10.1. The summed E-state index contributed by atoms with van der Waals surface area (Å²) in [5, 5.41) is 2.81. The second-order valence-electron chi connectivity index (χ2n) is 6.02. The third kappa shape index (κ3) is 4.85. The number of hydrogen-bond acceptors (Lipinski definition) is 4. The first kappa shape index (κ1) is 20.0. The predicted octanol–water partition coefficient (Wildman–Crippen LogP) is 3.51. The van der Waals surface area contributed by atoms with Gasteiger partial charge in [-0.15, -0.1) is 0 Å². The minimum absolute atomic E-state index is 0.0460. The van der Waals surface area contributed by atoms with Crippen molar-refractivity contribution in [2.45, 2.75) is 38.6 Å². The molecule has 0 saturated heterocycles. The molecule has 1 amide bonds. The fraction of sp³-hybridized carbons (Fsp3) is 0.350. The summed E-state index contributed by atoms with van der Waals surface area (Å²) in [6.07, 6.45) is 0.941. The zero-order chi connectivity index (χ0) is 19.2. The molecule has 26 heavy (non-hydrogen) atoms. The van der Waals surface area contributed by atoms with Gasteiger partial charge in [-0.1, -0.05) is 32.0 Å². The highest BCUT2D eigenvalue weighted by atomic mass is 32.2. The Morgan fingerprint density at radius 1 is 1.12 bits per heavy atom. The number of rotatable bonds is 8. The van der Waals surface area contributed by atoms with Crippen molar-refractivity contribution in [2.75, 3.05) is 12.4 Å². The largest absolute Gasteiger partial charge is 0.494 e. The summed E-state index contributed by atoms with van der Waals surface area (Å²) in [6, 6.07) is 12.0. The minimum atomic E-state index is -3.46. The van der Waals surface area contributed by atoms with Crippen molar-refractivity contribution < 1.29 is 17.9 Å². The topological polar surface area (TPSA) is 72.5 Å².